The molecule has 0 bridgehead atoms. The number of rotatable bonds is 12. The number of nitrogens with zero attached hydrogens (tertiary/aromatic N) is 1. The lowest BCUT2D eigenvalue weighted by Gasteiger charge is -2.25. The van der Waals surface area contributed by atoms with Crippen molar-refractivity contribution in [1.29, 1.82) is 0 Å². The minimum Gasteiger partial charge on any atom is -0.425 e. The highest BCUT2D eigenvalue weighted by molar-refractivity contribution is 7.53. The zero-order valence-electron chi connectivity index (χ0n) is 24.8. The molecule has 0 aromatic heterocycles. The molecule has 6 aromatic rings. The molecule has 3 unspecified atom stereocenters. The minimum atomic E-state index is -3.55. The van der Waals surface area contributed by atoms with E-state index in [1.54, 1.807) is 0 Å². The molecule has 6 aromatic carbocycles. The lowest BCUT2D eigenvalue weighted by atomic mass is 9.84. The fourth-order valence-corrected chi connectivity index (χ4v) is 7.17. The van der Waals surface area contributed by atoms with E-state index >= 15 is 0 Å². The van der Waals surface area contributed by atoms with Gasteiger partial charge in [0.25, 0.3) is 0 Å². The Morgan fingerprint density at radius 2 is 1.43 bits per heavy atom. The number of methoxy groups -OCH3 is 1. The highest BCUT2D eigenvalue weighted by atomic mass is 31.2. The fourth-order valence-electron chi connectivity index (χ4n) is 6.16. The molecule has 0 heterocycles. The van der Waals surface area contributed by atoms with Gasteiger partial charge in [-0.05, 0) is 84.5 Å². The molecule has 0 aliphatic rings. The third kappa shape index (κ3) is 5.64. The molecular formula is C35H33N2O6P. The molecule has 0 aliphatic carbocycles. The quantitative estimate of drug-likeness (QED) is 0.0645. The van der Waals surface area contributed by atoms with Crippen LogP contribution in [0.15, 0.2) is 96.2 Å². The van der Waals surface area contributed by atoms with Crippen LogP contribution in [-0.2, 0) is 18.6 Å². The highest BCUT2D eigenvalue weighted by Gasteiger charge is 2.27. The fraction of sp³-hybridized carbons (Fsp3) is 0.229. The van der Waals surface area contributed by atoms with E-state index in [0.717, 1.165) is 16.3 Å². The first-order valence-corrected chi connectivity index (χ1v) is 16.5. The van der Waals surface area contributed by atoms with Crippen LogP contribution in [0.5, 0.6) is 5.75 Å². The number of nitroso groups, excluding NO2 is 1. The highest BCUT2D eigenvalue weighted by Crippen LogP contribution is 2.45. The molecule has 0 saturated heterocycles. The minimum absolute atomic E-state index is 0.0810. The van der Waals surface area contributed by atoms with E-state index in [1.165, 1.54) is 70.4 Å². The van der Waals surface area contributed by atoms with Crippen molar-refractivity contribution < 1.29 is 23.1 Å². The third-order valence-corrected chi connectivity index (χ3v) is 9.26. The second-order valence-corrected chi connectivity index (χ2v) is 13.0. The number of benzene rings is 6. The maximum absolute atomic E-state index is 13.8. The number of nitrogens with one attached hydrogen (secondary N) is 1. The van der Waals surface area contributed by atoms with Crippen LogP contribution in [0.25, 0.3) is 43.1 Å². The lowest BCUT2D eigenvalue weighted by molar-refractivity contribution is -0.124. The molecule has 0 saturated carbocycles. The van der Waals surface area contributed by atoms with Crippen LogP contribution in [-0.4, -0.2) is 38.9 Å². The molecule has 0 radical (unpaired) electrons. The second-order valence-electron chi connectivity index (χ2n) is 11.0. The molecule has 0 spiro atoms. The van der Waals surface area contributed by atoms with E-state index in [4.69, 9.17) is 13.8 Å². The third-order valence-electron chi connectivity index (χ3n) is 8.10. The number of carbonyl (C=O) groups is 1. The smallest absolute Gasteiger partial charge is 0.376 e. The summed E-state index contributed by atoms with van der Waals surface area (Å²) in [6.45, 7) is 3.43. The molecule has 224 valence electrons. The Morgan fingerprint density at radius 1 is 0.818 bits per heavy atom. The number of ether oxygens (including phenoxy) is 1. The van der Waals surface area contributed by atoms with Crippen molar-refractivity contribution in [3.8, 4) is 5.75 Å². The Morgan fingerprint density at radius 3 is 2.07 bits per heavy atom. The number of carbonyl (C=O) groups excluding carboxylic acids is 1. The van der Waals surface area contributed by atoms with Crippen LogP contribution < -0.4 is 9.84 Å². The van der Waals surface area contributed by atoms with Gasteiger partial charge in [0.05, 0.1) is 25.2 Å². The van der Waals surface area contributed by atoms with Crippen LogP contribution in [0.3, 0.4) is 0 Å². The maximum Gasteiger partial charge on any atom is 0.376 e. The summed E-state index contributed by atoms with van der Waals surface area (Å²) in [7, 11) is -2.02. The first-order valence-electron chi connectivity index (χ1n) is 14.6. The number of fused-ring (bicyclic) bond motifs is 2. The van der Waals surface area contributed by atoms with Crippen molar-refractivity contribution in [2.24, 2.45) is 5.18 Å². The van der Waals surface area contributed by atoms with Crippen molar-refractivity contribution in [2.45, 2.75) is 25.3 Å². The molecule has 1 amide bonds. The van der Waals surface area contributed by atoms with E-state index in [0.29, 0.717) is 6.42 Å². The van der Waals surface area contributed by atoms with Crippen molar-refractivity contribution >= 4 is 62.3 Å². The Labute approximate surface area is 255 Å². The normalized spacial score (nSPS) is 14.5. The molecule has 6 rings (SSSR count). The predicted octanol–water partition coefficient (Wildman–Crippen LogP) is 8.68. The van der Waals surface area contributed by atoms with Gasteiger partial charge in [-0.2, -0.15) is 0 Å². The molecular weight excluding hydrogens is 575 g/mol. The van der Waals surface area contributed by atoms with Gasteiger partial charge < -0.3 is 14.6 Å². The largest absolute Gasteiger partial charge is 0.425 e. The van der Waals surface area contributed by atoms with Gasteiger partial charge in [-0.15, -0.1) is 4.91 Å². The zero-order valence-corrected chi connectivity index (χ0v) is 25.7. The van der Waals surface area contributed by atoms with Gasteiger partial charge in [-0.3, -0.25) is 9.32 Å². The van der Waals surface area contributed by atoms with Gasteiger partial charge in [0, 0.05) is 13.8 Å². The van der Waals surface area contributed by atoms with Gasteiger partial charge in [0.2, 0.25) is 5.91 Å². The Hall–Kier alpha value is -4.36. The van der Waals surface area contributed by atoms with E-state index in [-0.39, 0.29) is 30.6 Å². The second kappa shape index (κ2) is 12.3. The first-order chi connectivity index (χ1) is 21.3. The molecule has 8 nitrogen and oxygen atoms in total. The van der Waals surface area contributed by atoms with E-state index in [2.05, 4.69) is 77.2 Å². The first kappa shape index (κ1) is 29.7. The Balaban J connectivity index is 1.27. The number of hydrogen-bond acceptors (Lipinski definition) is 7. The van der Waals surface area contributed by atoms with E-state index in [1.807, 2.05) is 6.92 Å². The van der Waals surface area contributed by atoms with E-state index < -0.39 is 19.6 Å². The average molecular weight is 609 g/mol. The predicted molar refractivity (Wildman–Crippen MR) is 176 cm³/mol. The molecule has 0 fully saturated rings. The SMILES string of the molecule is CCC(C(=O)NC(COC)COP(C)(=O)Oc1ccc(N=O)cc1)c1ccc2c3cccc4cccc(c5cccc1c52)c43. The zero-order chi connectivity index (χ0) is 30.8. The van der Waals surface area contributed by atoms with Gasteiger partial charge in [-0.1, -0.05) is 73.7 Å². The summed E-state index contributed by atoms with van der Waals surface area (Å²) in [5.74, 6) is -0.314. The van der Waals surface area contributed by atoms with E-state index in [9.17, 15) is 14.3 Å². The molecule has 1 N–H and O–H groups in total. The number of hydrogen-bond donors (Lipinski definition) is 1. The Kier molecular flexibility index (Phi) is 8.32. The van der Waals surface area contributed by atoms with Crippen molar-refractivity contribution in [3.05, 3.63) is 101 Å². The molecule has 3 atom stereocenters. The van der Waals surface area contributed by atoms with Crippen molar-refractivity contribution in [1.82, 2.24) is 5.32 Å². The van der Waals surface area contributed by atoms with Gasteiger partial charge in [0.1, 0.15) is 11.4 Å². The topological polar surface area (TPSA) is 103 Å². The Bertz CT molecular complexity index is 1980. The van der Waals surface area contributed by atoms with Crippen molar-refractivity contribution in [3.63, 3.8) is 0 Å². The molecule has 0 aliphatic heterocycles. The molecule has 44 heavy (non-hydrogen) atoms. The summed E-state index contributed by atoms with van der Waals surface area (Å²) in [4.78, 5) is 24.5. The summed E-state index contributed by atoms with van der Waals surface area (Å²) < 4.78 is 29.6. The van der Waals surface area contributed by atoms with Crippen LogP contribution >= 0.6 is 7.60 Å². The van der Waals surface area contributed by atoms with Crippen LogP contribution in [0, 0.1) is 4.91 Å². The summed E-state index contributed by atoms with van der Waals surface area (Å²) >= 11 is 0. The maximum atomic E-state index is 13.8. The van der Waals surface area contributed by atoms with Crippen LogP contribution in [0.2, 0.25) is 0 Å². The summed E-state index contributed by atoms with van der Waals surface area (Å²) in [6, 6.07) is 28.7. The van der Waals surface area contributed by atoms with Gasteiger partial charge >= 0.3 is 7.60 Å². The van der Waals surface area contributed by atoms with Crippen LogP contribution in [0.1, 0.15) is 24.8 Å². The summed E-state index contributed by atoms with van der Waals surface area (Å²) in [5, 5.41) is 15.3. The monoisotopic (exact) mass is 608 g/mol. The van der Waals surface area contributed by atoms with Gasteiger partial charge in [-0.25, -0.2) is 4.57 Å². The average Bonchev–Trinajstić information content (AvgIpc) is 3.03. The van der Waals surface area contributed by atoms with Gasteiger partial charge in [0.15, 0.2) is 0 Å². The summed E-state index contributed by atoms with van der Waals surface area (Å²) in [5.41, 5.74) is 1.18. The lowest BCUT2D eigenvalue weighted by Crippen LogP contribution is -2.43. The standard InChI is InChI=1S/C35H33N2O6P/c1-4-26(35(38)36-24(20-41-2)21-42-44(3,40)43-25-16-14-23(37-39)15-17-25)27-18-19-32-30-11-6-9-22-8-5-10-29(33(22)30)31-13-7-12-28(27)34(31)32/h5-19,24,26H,4,20-21H2,1-3H3,(H,36,38). The van der Waals surface area contributed by atoms with Crippen molar-refractivity contribution in [2.75, 3.05) is 27.0 Å². The number of amides is 1. The van der Waals surface area contributed by atoms with Crippen LogP contribution in [0.4, 0.5) is 5.69 Å². The molecule has 9 heteroatoms. The summed E-state index contributed by atoms with van der Waals surface area (Å²) in [6.07, 6.45) is 0.582.